The summed E-state index contributed by atoms with van der Waals surface area (Å²) in [5.74, 6) is -2.06. The van der Waals surface area contributed by atoms with Crippen molar-refractivity contribution in [2.45, 2.75) is 46.0 Å². The van der Waals surface area contributed by atoms with Crippen molar-refractivity contribution in [1.29, 1.82) is 0 Å². The van der Waals surface area contributed by atoms with Gasteiger partial charge in [-0.15, -0.1) is 0 Å². The molecule has 0 radical (unpaired) electrons. The average molecular weight is 377 g/mol. The molecular formula is C18H24BNO7. The van der Waals surface area contributed by atoms with E-state index in [0.29, 0.717) is 24.8 Å². The Bertz CT molecular complexity index is 705. The highest BCUT2D eigenvalue weighted by atomic mass is 16.7. The molecule has 1 atom stereocenters. The van der Waals surface area contributed by atoms with E-state index < -0.39 is 31.8 Å². The average Bonchev–Trinajstić information content (AvgIpc) is 2.62. The summed E-state index contributed by atoms with van der Waals surface area (Å²) in [7, 11) is -1.29. The molecule has 146 valence electrons. The lowest BCUT2D eigenvalue weighted by Gasteiger charge is -2.28. The molecule has 0 saturated heterocycles. The van der Waals surface area contributed by atoms with Crippen LogP contribution in [0.4, 0.5) is 0 Å². The van der Waals surface area contributed by atoms with Crippen LogP contribution < -0.4 is 9.97 Å². The van der Waals surface area contributed by atoms with Crippen molar-refractivity contribution in [3.8, 4) is 5.75 Å². The fourth-order valence-corrected chi connectivity index (χ4v) is 2.93. The third-order valence-electron chi connectivity index (χ3n) is 4.44. The summed E-state index contributed by atoms with van der Waals surface area (Å²) < 4.78 is 15.4. The number of ether oxygens (including phenoxy) is 2. The van der Waals surface area contributed by atoms with Gasteiger partial charge < -0.3 is 24.5 Å². The number of benzene rings is 1. The molecule has 1 aliphatic rings. The summed E-state index contributed by atoms with van der Waals surface area (Å²) in [6, 6.07) is 4.88. The third-order valence-corrected chi connectivity index (χ3v) is 4.44. The maximum absolute atomic E-state index is 12.3. The predicted molar refractivity (Wildman–Crippen MR) is 96.8 cm³/mol. The molecule has 2 rings (SSSR count). The van der Waals surface area contributed by atoms with Gasteiger partial charge in [-0.25, -0.2) is 4.79 Å². The lowest BCUT2D eigenvalue weighted by molar-refractivity contribution is -0.157. The van der Waals surface area contributed by atoms with Crippen molar-refractivity contribution < 1.29 is 33.5 Å². The molecule has 0 aromatic heterocycles. The highest BCUT2D eigenvalue weighted by molar-refractivity contribution is 6.47. The number of carbonyl (C=O) groups is 3. The van der Waals surface area contributed by atoms with Crippen molar-refractivity contribution in [2.75, 3.05) is 6.79 Å². The molecule has 1 aromatic carbocycles. The van der Waals surface area contributed by atoms with Crippen LogP contribution in [0.1, 0.15) is 49.5 Å². The SMILES string of the molecule is CCC(CC)C(=O)OCOC(=O)c1cccc2c1OB(O)[C@@H](NC(C)=O)C2. The van der Waals surface area contributed by atoms with E-state index in [2.05, 4.69) is 5.32 Å². The number of hydrogen-bond donors (Lipinski definition) is 2. The summed E-state index contributed by atoms with van der Waals surface area (Å²) >= 11 is 0. The van der Waals surface area contributed by atoms with Gasteiger partial charge in [0.2, 0.25) is 12.7 Å². The number of carbonyl (C=O) groups excluding carboxylic acids is 3. The second-order valence-electron chi connectivity index (χ2n) is 6.34. The molecule has 0 aliphatic carbocycles. The summed E-state index contributed by atoms with van der Waals surface area (Å²) in [5, 5.41) is 12.7. The molecule has 1 heterocycles. The molecular weight excluding hydrogens is 353 g/mol. The highest BCUT2D eigenvalue weighted by Crippen LogP contribution is 2.30. The molecule has 9 heteroatoms. The number of hydrogen-bond acceptors (Lipinski definition) is 7. The van der Waals surface area contributed by atoms with Crippen molar-refractivity contribution in [3.63, 3.8) is 0 Å². The zero-order valence-electron chi connectivity index (χ0n) is 15.7. The fraction of sp³-hybridized carbons (Fsp3) is 0.500. The standard InChI is InChI=1S/C18H24BNO7/c1-4-12(5-2)17(22)25-10-26-18(23)14-8-6-7-13-9-15(20-11(3)21)19(24)27-16(13)14/h6-8,12,15,24H,4-5,9-10H2,1-3H3,(H,20,21)/t15-/m0/s1. The van der Waals surface area contributed by atoms with E-state index in [1.54, 1.807) is 12.1 Å². The minimum absolute atomic E-state index is 0.117. The Hall–Kier alpha value is -2.55. The van der Waals surface area contributed by atoms with Crippen molar-refractivity contribution >= 4 is 25.0 Å². The number of nitrogens with one attached hydrogen (secondary N) is 1. The lowest BCUT2D eigenvalue weighted by Crippen LogP contribution is -2.52. The Morgan fingerprint density at radius 1 is 1.30 bits per heavy atom. The monoisotopic (exact) mass is 377 g/mol. The fourth-order valence-electron chi connectivity index (χ4n) is 2.93. The molecule has 0 spiro atoms. The summed E-state index contributed by atoms with van der Waals surface area (Å²) in [4.78, 5) is 35.4. The minimum atomic E-state index is -1.29. The Balaban J connectivity index is 2.02. The van der Waals surface area contributed by atoms with Crippen LogP contribution in [0.3, 0.4) is 0 Å². The van der Waals surface area contributed by atoms with Gasteiger partial charge in [0.25, 0.3) is 0 Å². The van der Waals surface area contributed by atoms with Gasteiger partial charge in [-0.2, -0.15) is 0 Å². The van der Waals surface area contributed by atoms with E-state index in [1.165, 1.54) is 13.0 Å². The van der Waals surface area contributed by atoms with Gasteiger partial charge in [-0.05, 0) is 30.9 Å². The summed E-state index contributed by atoms with van der Waals surface area (Å²) in [6.45, 7) is 4.62. The van der Waals surface area contributed by atoms with Gasteiger partial charge in [0.1, 0.15) is 11.3 Å². The Morgan fingerprint density at radius 3 is 2.63 bits per heavy atom. The van der Waals surface area contributed by atoms with Gasteiger partial charge in [0.15, 0.2) is 0 Å². The first kappa shape index (κ1) is 20.8. The van der Waals surface area contributed by atoms with Crippen molar-refractivity contribution in [3.05, 3.63) is 29.3 Å². The van der Waals surface area contributed by atoms with E-state index >= 15 is 0 Å². The van der Waals surface area contributed by atoms with E-state index in [4.69, 9.17) is 14.1 Å². The quantitative estimate of drug-likeness (QED) is 0.418. The second-order valence-corrected chi connectivity index (χ2v) is 6.34. The van der Waals surface area contributed by atoms with Crippen LogP contribution in [-0.4, -0.2) is 42.7 Å². The van der Waals surface area contributed by atoms with Gasteiger partial charge >= 0.3 is 19.1 Å². The van der Waals surface area contributed by atoms with Crippen molar-refractivity contribution in [2.24, 2.45) is 5.92 Å². The number of fused-ring (bicyclic) bond motifs is 1. The Labute approximate surface area is 158 Å². The van der Waals surface area contributed by atoms with Gasteiger partial charge in [-0.3, -0.25) is 9.59 Å². The summed E-state index contributed by atoms with van der Waals surface area (Å²) in [5.41, 5.74) is 0.772. The van der Waals surface area contributed by atoms with Crippen LogP contribution in [0.5, 0.6) is 5.75 Å². The second kappa shape index (κ2) is 9.41. The zero-order chi connectivity index (χ0) is 20.0. The lowest BCUT2D eigenvalue weighted by atomic mass is 9.72. The first-order valence-corrected chi connectivity index (χ1v) is 8.94. The van der Waals surface area contributed by atoms with Gasteiger partial charge in [0.05, 0.1) is 11.9 Å². The van der Waals surface area contributed by atoms with Crippen LogP contribution in [0, 0.1) is 5.92 Å². The third kappa shape index (κ3) is 5.23. The molecule has 2 N–H and O–H groups in total. The number of esters is 2. The maximum Gasteiger partial charge on any atom is 0.547 e. The van der Waals surface area contributed by atoms with Crippen LogP contribution in [0.15, 0.2) is 18.2 Å². The minimum Gasteiger partial charge on any atom is -0.534 e. The van der Waals surface area contributed by atoms with Crippen LogP contribution >= 0.6 is 0 Å². The van der Waals surface area contributed by atoms with E-state index in [9.17, 15) is 19.4 Å². The van der Waals surface area contributed by atoms with Crippen LogP contribution in [0.2, 0.25) is 0 Å². The normalized spacial score (nSPS) is 15.6. The molecule has 0 saturated carbocycles. The van der Waals surface area contributed by atoms with E-state index in [0.717, 1.165) is 0 Å². The first-order valence-electron chi connectivity index (χ1n) is 8.94. The van der Waals surface area contributed by atoms with Crippen LogP contribution in [0.25, 0.3) is 0 Å². The zero-order valence-corrected chi connectivity index (χ0v) is 15.7. The number of amides is 1. The molecule has 1 amide bonds. The maximum atomic E-state index is 12.3. The van der Waals surface area contributed by atoms with Gasteiger partial charge in [-0.1, -0.05) is 26.0 Å². The highest BCUT2D eigenvalue weighted by Gasteiger charge is 2.37. The summed E-state index contributed by atoms with van der Waals surface area (Å²) in [6.07, 6.45) is 1.61. The Kier molecular flexibility index (Phi) is 7.23. The predicted octanol–water partition coefficient (Wildman–Crippen LogP) is 1.24. The molecule has 1 aliphatic heterocycles. The number of rotatable bonds is 7. The molecule has 8 nitrogen and oxygen atoms in total. The molecule has 1 aromatic rings. The Morgan fingerprint density at radius 2 is 2.00 bits per heavy atom. The van der Waals surface area contributed by atoms with Crippen molar-refractivity contribution in [1.82, 2.24) is 5.32 Å². The molecule has 0 unspecified atom stereocenters. The van der Waals surface area contributed by atoms with Crippen LogP contribution in [-0.2, 0) is 25.5 Å². The molecule has 0 fully saturated rings. The largest absolute Gasteiger partial charge is 0.547 e. The topological polar surface area (TPSA) is 111 Å². The molecule has 27 heavy (non-hydrogen) atoms. The number of para-hydroxylation sites is 1. The first-order chi connectivity index (χ1) is 12.9. The molecule has 0 bridgehead atoms. The smallest absolute Gasteiger partial charge is 0.534 e. The van der Waals surface area contributed by atoms with E-state index in [-0.39, 0.29) is 23.1 Å². The van der Waals surface area contributed by atoms with E-state index in [1.807, 2.05) is 13.8 Å². The van der Waals surface area contributed by atoms with Gasteiger partial charge in [0, 0.05) is 6.92 Å².